The van der Waals surface area contributed by atoms with Crippen LogP contribution in [0, 0.1) is 0 Å². The minimum atomic E-state index is 0.297. The lowest BCUT2D eigenvalue weighted by atomic mass is 10.2. The molecule has 3 aromatic rings. The molecule has 0 fully saturated rings. The molecule has 0 spiro atoms. The Hall–Kier alpha value is -1.46. The molecule has 4 nitrogen and oxygen atoms in total. The summed E-state index contributed by atoms with van der Waals surface area (Å²) in [6.45, 7) is 0. The lowest BCUT2D eigenvalue weighted by Crippen LogP contribution is -1.88. The van der Waals surface area contributed by atoms with Gasteiger partial charge in [-0.15, -0.1) is 0 Å². The molecule has 0 atom stereocenters. The van der Waals surface area contributed by atoms with E-state index in [-0.39, 0.29) is 0 Å². The number of fused-ring (bicyclic) bond motifs is 1. The Bertz CT molecular complexity index is 658. The molecular weight excluding hydrogens is 244 g/mol. The normalized spacial score (nSPS) is 11.1. The van der Waals surface area contributed by atoms with E-state index in [4.69, 9.17) is 11.6 Å². The quantitative estimate of drug-likeness (QED) is 0.667. The molecule has 1 aromatic carbocycles. The number of nitrogens with zero attached hydrogens (tertiary/aromatic N) is 4. The van der Waals surface area contributed by atoms with Gasteiger partial charge in [0, 0.05) is 18.0 Å². The van der Waals surface area contributed by atoms with Crippen LogP contribution in [0.2, 0.25) is 5.28 Å². The fourth-order valence-electron chi connectivity index (χ4n) is 1.62. The maximum absolute atomic E-state index is 5.70. The molecule has 0 bridgehead atoms. The molecule has 0 saturated heterocycles. The van der Waals surface area contributed by atoms with Gasteiger partial charge in [0.25, 0.3) is 0 Å². The molecule has 0 radical (unpaired) electrons. The Morgan fingerprint density at radius 2 is 2.25 bits per heavy atom. The summed E-state index contributed by atoms with van der Waals surface area (Å²) in [7, 11) is 1.92. The first-order valence-electron chi connectivity index (χ1n) is 4.65. The van der Waals surface area contributed by atoms with Gasteiger partial charge in [0.2, 0.25) is 5.28 Å². The minimum Gasteiger partial charge on any atom is -0.268 e. The molecule has 6 heteroatoms. The number of aromatic nitrogens is 4. The van der Waals surface area contributed by atoms with Crippen molar-refractivity contribution in [1.29, 1.82) is 0 Å². The summed E-state index contributed by atoms with van der Waals surface area (Å²) in [5, 5.41) is 6.41. The summed E-state index contributed by atoms with van der Waals surface area (Å²) in [6, 6.07) is 6.06. The van der Waals surface area contributed by atoms with E-state index in [9.17, 15) is 0 Å². The zero-order valence-corrected chi connectivity index (χ0v) is 9.96. The molecule has 80 valence electrons. The molecule has 0 amide bonds. The fourth-order valence-corrected chi connectivity index (χ4v) is 2.42. The van der Waals surface area contributed by atoms with E-state index < -0.39 is 0 Å². The largest absolute Gasteiger partial charge is 0.268 e. The van der Waals surface area contributed by atoms with Crippen LogP contribution in [0.3, 0.4) is 0 Å². The van der Waals surface area contributed by atoms with Crippen LogP contribution in [0.4, 0.5) is 0 Å². The summed E-state index contributed by atoms with van der Waals surface area (Å²) in [4.78, 5) is 4.14. The van der Waals surface area contributed by atoms with E-state index in [0.717, 1.165) is 21.5 Å². The number of rotatable bonds is 1. The van der Waals surface area contributed by atoms with Crippen LogP contribution in [-0.2, 0) is 7.05 Å². The Labute approximate surface area is 101 Å². The van der Waals surface area contributed by atoms with Crippen LogP contribution in [0.5, 0.6) is 0 Å². The van der Waals surface area contributed by atoms with Crippen LogP contribution < -0.4 is 0 Å². The first-order valence-corrected chi connectivity index (χ1v) is 5.80. The lowest BCUT2D eigenvalue weighted by molar-refractivity contribution is 0.797. The third-order valence-corrected chi connectivity index (χ3v) is 3.43. The molecule has 0 aliphatic carbocycles. The number of aryl methyl sites for hydroxylation is 1. The van der Waals surface area contributed by atoms with Crippen molar-refractivity contribution in [3.63, 3.8) is 0 Å². The minimum absolute atomic E-state index is 0.297. The zero-order valence-electron chi connectivity index (χ0n) is 8.38. The van der Waals surface area contributed by atoms with Gasteiger partial charge in [-0.3, -0.25) is 4.68 Å². The highest BCUT2D eigenvalue weighted by Gasteiger charge is 2.07. The van der Waals surface area contributed by atoms with Gasteiger partial charge in [-0.2, -0.15) is 9.47 Å². The Morgan fingerprint density at radius 1 is 1.38 bits per heavy atom. The SMILES string of the molecule is Cn1ncc2cc(-c3nc(Cl)ns3)ccc21. The van der Waals surface area contributed by atoms with E-state index in [2.05, 4.69) is 14.5 Å². The highest BCUT2D eigenvalue weighted by molar-refractivity contribution is 7.09. The van der Waals surface area contributed by atoms with Gasteiger partial charge >= 0.3 is 0 Å². The first kappa shape index (κ1) is 9.74. The fraction of sp³-hybridized carbons (Fsp3) is 0.100. The maximum atomic E-state index is 5.70. The standard InChI is InChI=1S/C10H7ClN4S/c1-15-8-3-2-6(4-7(8)5-12-15)9-13-10(11)14-16-9/h2-5H,1H3. The maximum Gasteiger partial charge on any atom is 0.234 e. The smallest absolute Gasteiger partial charge is 0.234 e. The molecule has 0 aliphatic heterocycles. The van der Waals surface area contributed by atoms with Crippen LogP contribution in [0.15, 0.2) is 24.4 Å². The summed E-state index contributed by atoms with van der Waals surface area (Å²) in [6.07, 6.45) is 1.83. The average Bonchev–Trinajstić information content (AvgIpc) is 2.86. The second kappa shape index (κ2) is 3.54. The molecule has 16 heavy (non-hydrogen) atoms. The van der Waals surface area contributed by atoms with Crippen molar-refractivity contribution in [2.75, 3.05) is 0 Å². The molecule has 0 aliphatic rings. The zero-order chi connectivity index (χ0) is 11.1. The summed E-state index contributed by atoms with van der Waals surface area (Å²) in [5.41, 5.74) is 2.12. The van der Waals surface area contributed by atoms with Crippen molar-refractivity contribution >= 4 is 34.0 Å². The molecule has 2 aromatic heterocycles. The van der Waals surface area contributed by atoms with Crippen molar-refractivity contribution in [2.45, 2.75) is 0 Å². The monoisotopic (exact) mass is 250 g/mol. The highest BCUT2D eigenvalue weighted by atomic mass is 35.5. The second-order valence-electron chi connectivity index (χ2n) is 3.41. The molecule has 3 rings (SSSR count). The van der Waals surface area contributed by atoms with E-state index >= 15 is 0 Å². The van der Waals surface area contributed by atoms with Crippen molar-refractivity contribution in [2.24, 2.45) is 7.05 Å². The third kappa shape index (κ3) is 1.48. The van der Waals surface area contributed by atoms with Gasteiger partial charge in [0.1, 0.15) is 5.01 Å². The van der Waals surface area contributed by atoms with Gasteiger partial charge < -0.3 is 0 Å². The number of halogens is 1. The van der Waals surface area contributed by atoms with Crippen LogP contribution in [0.25, 0.3) is 21.5 Å². The molecule has 0 N–H and O–H groups in total. The second-order valence-corrected chi connectivity index (χ2v) is 4.50. The summed E-state index contributed by atoms with van der Waals surface area (Å²) < 4.78 is 5.79. The number of hydrogen-bond donors (Lipinski definition) is 0. The summed E-state index contributed by atoms with van der Waals surface area (Å²) in [5.74, 6) is 0. The van der Waals surface area contributed by atoms with Crippen LogP contribution in [0.1, 0.15) is 0 Å². The number of hydrogen-bond acceptors (Lipinski definition) is 4. The summed E-state index contributed by atoms with van der Waals surface area (Å²) >= 11 is 7.00. The topological polar surface area (TPSA) is 43.6 Å². The van der Waals surface area contributed by atoms with Crippen molar-refractivity contribution in [3.05, 3.63) is 29.7 Å². The van der Waals surface area contributed by atoms with E-state index in [0.29, 0.717) is 5.28 Å². The Balaban J connectivity index is 2.18. The highest BCUT2D eigenvalue weighted by Crippen LogP contribution is 2.26. The molecule has 0 saturated carbocycles. The van der Waals surface area contributed by atoms with E-state index in [1.165, 1.54) is 11.5 Å². The third-order valence-electron chi connectivity index (χ3n) is 2.39. The van der Waals surface area contributed by atoms with E-state index in [1.807, 2.05) is 36.1 Å². The molecular formula is C10H7ClN4S. The van der Waals surface area contributed by atoms with Crippen LogP contribution in [-0.4, -0.2) is 19.1 Å². The van der Waals surface area contributed by atoms with Crippen LogP contribution >= 0.6 is 23.1 Å². The average molecular weight is 251 g/mol. The van der Waals surface area contributed by atoms with Crippen molar-refractivity contribution < 1.29 is 0 Å². The van der Waals surface area contributed by atoms with Gasteiger partial charge in [-0.1, -0.05) is 0 Å². The predicted octanol–water partition coefficient (Wildman–Crippen LogP) is 2.75. The predicted molar refractivity (Wildman–Crippen MR) is 64.6 cm³/mol. The van der Waals surface area contributed by atoms with Gasteiger partial charge in [0.05, 0.1) is 11.7 Å². The number of benzene rings is 1. The van der Waals surface area contributed by atoms with Gasteiger partial charge in [-0.05, 0) is 41.3 Å². The van der Waals surface area contributed by atoms with E-state index in [1.54, 1.807) is 0 Å². The molecule has 0 unspecified atom stereocenters. The molecule has 2 heterocycles. The Morgan fingerprint density at radius 3 is 3.00 bits per heavy atom. The van der Waals surface area contributed by atoms with Gasteiger partial charge in [0.15, 0.2) is 0 Å². The Kier molecular flexibility index (Phi) is 2.15. The van der Waals surface area contributed by atoms with Gasteiger partial charge in [-0.25, -0.2) is 4.98 Å². The van der Waals surface area contributed by atoms with Crippen molar-refractivity contribution in [3.8, 4) is 10.6 Å². The van der Waals surface area contributed by atoms with Crippen molar-refractivity contribution in [1.82, 2.24) is 19.1 Å². The lowest BCUT2D eigenvalue weighted by Gasteiger charge is -1.97. The first-order chi connectivity index (χ1) is 7.74.